The number of hydrogen-bond acceptors (Lipinski definition) is 0. The first-order chi connectivity index (χ1) is 5.24. The number of allylic oxidation sites excluding steroid dienone is 4. The first-order valence-electron chi connectivity index (χ1n) is 4.00. The van der Waals surface area contributed by atoms with Gasteiger partial charge in [-0.25, -0.2) is 0 Å². The van der Waals surface area contributed by atoms with Gasteiger partial charge in [0.15, 0.2) is 0 Å². The van der Waals surface area contributed by atoms with Crippen molar-refractivity contribution in [3.8, 4) is 0 Å². The van der Waals surface area contributed by atoms with E-state index in [1.54, 1.807) is 6.08 Å². The summed E-state index contributed by atoms with van der Waals surface area (Å²) in [6.07, 6.45) is 8.71. The zero-order valence-corrected chi connectivity index (χ0v) is 8.43. The molecule has 0 rings (SSSR count). The highest BCUT2D eigenvalue weighted by Crippen LogP contribution is 1.66. The van der Waals surface area contributed by atoms with Gasteiger partial charge in [-0.05, 0) is 27.2 Å². The van der Waals surface area contributed by atoms with Crippen molar-refractivity contribution in [1.29, 1.82) is 0 Å². The Kier molecular flexibility index (Phi) is 53.0. The molecule has 0 heteroatoms. The fraction of sp³-hybridized carbons (Fsp3) is 0.455. The molecule has 0 fully saturated rings. The van der Waals surface area contributed by atoms with Crippen LogP contribution in [-0.4, -0.2) is 0 Å². The number of rotatable bonds is 1. The van der Waals surface area contributed by atoms with E-state index in [1.807, 2.05) is 39.0 Å². The van der Waals surface area contributed by atoms with Gasteiger partial charge in [0.2, 0.25) is 0 Å². The largest absolute Gasteiger partial charge is 0.103 e. The van der Waals surface area contributed by atoms with Gasteiger partial charge < -0.3 is 0 Å². The Labute approximate surface area is 72.3 Å². The third-order valence-electron chi connectivity index (χ3n) is 0.622. The molecule has 0 radical (unpaired) electrons. The van der Waals surface area contributed by atoms with Crippen molar-refractivity contribution in [3.63, 3.8) is 0 Å². The Hall–Kier alpha value is -0.780. The zero-order valence-electron chi connectivity index (χ0n) is 8.43. The smallest absolute Gasteiger partial charge is 0.0382 e. The van der Waals surface area contributed by atoms with Gasteiger partial charge in [-0.15, -0.1) is 13.2 Å². The van der Waals surface area contributed by atoms with Crippen LogP contribution in [0.15, 0.2) is 37.5 Å². The number of hydrogen-bond donors (Lipinski definition) is 0. The highest BCUT2D eigenvalue weighted by atomic mass is 13.5. The van der Waals surface area contributed by atoms with Gasteiger partial charge in [-0.2, -0.15) is 0 Å². The van der Waals surface area contributed by atoms with Crippen LogP contribution >= 0.6 is 0 Å². The minimum absolute atomic E-state index is 1.08. The molecule has 0 aromatic carbocycles. The molecule has 0 aromatic rings. The molecule has 0 aliphatic carbocycles. The predicted octanol–water partition coefficient (Wildman–Crippen LogP) is 4.36. The van der Waals surface area contributed by atoms with Crippen LogP contribution in [-0.2, 0) is 0 Å². The van der Waals surface area contributed by atoms with E-state index in [-0.39, 0.29) is 0 Å². The van der Waals surface area contributed by atoms with Crippen LogP contribution in [0, 0.1) is 0 Å². The summed E-state index contributed by atoms with van der Waals surface area (Å²) in [4.78, 5) is 0. The topological polar surface area (TPSA) is 0 Å². The lowest BCUT2D eigenvalue weighted by Gasteiger charge is -1.57. The molecule has 0 spiro atoms. The van der Waals surface area contributed by atoms with Crippen LogP contribution in [0.25, 0.3) is 0 Å². The monoisotopic (exact) mass is 154 g/mol. The molecule has 11 heavy (non-hydrogen) atoms. The second-order valence-corrected chi connectivity index (χ2v) is 1.77. The lowest BCUT2D eigenvalue weighted by molar-refractivity contribution is 1.23. The first kappa shape index (κ1) is 16.7. The second-order valence-electron chi connectivity index (χ2n) is 1.77. The second kappa shape index (κ2) is 35.0. The van der Waals surface area contributed by atoms with Gasteiger partial charge in [-0.3, -0.25) is 0 Å². The fourth-order valence-corrected chi connectivity index (χ4v) is 0. The van der Waals surface area contributed by atoms with Gasteiger partial charge in [-0.1, -0.05) is 31.2 Å². The van der Waals surface area contributed by atoms with Crippen molar-refractivity contribution in [2.45, 2.75) is 34.1 Å². The van der Waals surface area contributed by atoms with Crippen molar-refractivity contribution < 1.29 is 0 Å². The van der Waals surface area contributed by atoms with Crippen LogP contribution in [0.5, 0.6) is 0 Å². The minimum Gasteiger partial charge on any atom is -0.103 e. The molecular weight excluding hydrogens is 132 g/mol. The Balaban J connectivity index is -0.0000000886. The molecule has 0 unspecified atom stereocenters. The Bertz CT molecular complexity index is 74.0. The molecular formula is C11H22. The van der Waals surface area contributed by atoms with Gasteiger partial charge in [0.1, 0.15) is 0 Å². The van der Waals surface area contributed by atoms with Crippen molar-refractivity contribution in [3.05, 3.63) is 37.5 Å². The molecule has 0 amide bonds. The van der Waals surface area contributed by atoms with Crippen LogP contribution in [0.1, 0.15) is 34.1 Å². The third-order valence-corrected chi connectivity index (χ3v) is 0.622. The van der Waals surface area contributed by atoms with Crippen molar-refractivity contribution in [2.75, 3.05) is 0 Å². The maximum atomic E-state index is 3.48. The van der Waals surface area contributed by atoms with E-state index in [4.69, 9.17) is 0 Å². The van der Waals surface area contributed by atoms with Gasteiger partial charge >= 0.3 is 0 Å². The van der Waals surface area contributed by atoms with Crippen LogP contribution in [0.3, 0.4) is 0 Å². The maximum absolute atomic E-state index is 3.48. The van der Waals surface area contributed by atoms with E-state index in [9.17, 15) is 0 Å². The van der Waals surface area contributed by atoms with Crippen molar-refractivity contribution in [1.82, 2.24) is 0 Å². The van der Waals surface area contributed by atoms with Crippen LogP contribution in [0.2, 0.25) is 0 Å². The zero-order chi connectivity index (χ0) is 9.54. The summed E-state index contributed by atoms with van der Waals surface area (Å²) in [6, 6.07) is 0. The first-order valence-corrected chi connectivity index (χ1v) is 4.00. The average molecular weight is 154 g/mol. The standard InChI is InChI=1S/2C4H8.C3H6/c2*1-3-4-2;1-3-2/h3-4H,1-2H3;3H,1,4H2,2H3;3H,1H2,2H3/b4-3+;;. The Morgan fingerprint density at radius 3 is 1.18 bits per heavy atom. The van der Waals surface area contributed by atoms with E-state index < -0.39 is 0 Å². The molecule has 0 heterocycles. The van der Waals surface area contributed by atoms with E-state index in [0.717, 1.165) is 6.42 Å². The molecule has 0 aliphatic heterocycles. The summed E-state index contributed by atoms with van der Waals surface area (Å²) >= 11 is 0. The van der Waals surface area contributed by atoms with Gasteiger partial charge in [0.25, 0.3) is 0 Å². The molecule has 0 bridgehead atoms. The average Bonchev–Trinajstić information content (AvgIpc) is 2.06. The summed E-state index contributed by atoms with van der Waals surface area (Å²) in [6.45, 7) is 14.8. The highest BCUT2D eigenvalue weighted by Gasteiger charge is 1.45. The van der Waals surface area contributed by atoms with E-state index >= 15 is 0 Å². The highest BCUT2D eigenvalue weighted by molar-refractivity contribution is 4.68. The molecule has 0 saturated carbocycles. The van der Waals surface area contributed by atoms with Gasteiger partial charge in [0, 0.05) is 0 Å². The fourth-order valence-electron chi connectivity index (χ4n) is 0. The summed E-state index contributed by atoms with van der Waals surface area (Å²) in [5, 5.41) is 0. The van der Waals surface area contributed by atoms with E-state index in [1.165, 1.54) is 0 Å². The van der Waals surface area contributed by atoms with Crippen molar-refractivity contribution >= 4 is 0 Å². The minimum atomic E-state index is 1.08. The molecule has 0 atom stereocenters. The molecule has 0 N–H and O–H groups in total. The van der Waals surface area contributed by atoms with E-state index in [0.29, 0.717) is 0 Å². The Morgan fingerprint density at radius 1 is 1.00 bits per heavy atom. The Morgan fingerprint density at radius 2 is 1.18 bits per heavy atom. The lowest BCUT2D eigenvalue weighted by Crippen LogP contribution is -1.36. The van der Waals surface area contributed by atoms with Crippen LogP contribution in [0.4, 0.5) is 0 Å². The molecule has 0 saturated heterocycles. The van der Waals surface area contributed by atoms with E-state index in [2.05, 4.69) is 20.1 Å². The van der Waals surface area contributed by atoms with Gasteiger partial charge in [0.05, 0.1) is 0 Å². The summed E-state index contributed by atoms with van der Waals surface area (Å²) in [7, 11) is 0. The van der Waals surface area contributed by atoms with Crippen molar-refractivity contribution in [2.24, 2.45) is 0 Å². The quantitative estimate of drug-likeness (QED) is 0.492. The maximum Gasteiger partial charge on any atom is -0.0382 e. The molecule has 0 aromatic heterocycles. The van der Waals surface area contributed by atoms with Crippen LogP contribution < -0.4 is 0 Å². The summed E-state index contributed by atoms with van der Waals surface area (Å²) < 4.78 is 0. The normalized spacial score (nSPS) is 6.91. The summed E-state index contributed by atoms with van der Waals surface area (Å²) in [5.74, 6) is 0. The predicted molar refractivity (Wildman–Crippen MR) is 56.8 cm³/mol. The lowest BCUT2D eigenvalue weighted by atomic mass is 10.5. The molecule has 66 valence electrons. The SMILES string of the molecule is C/C=C/C.C=CC.C=CCC. The third kappa shape index (κ3) is 323. The summed E-state index contributed by atoms with van der Waals surface area (Å²) in [5.41, 5.74) is 0. The molecule has 0 aliphatic rings. The molecule has 0 nitrogen and oxygen atoms in total.